The lowest BCUT2D eigenvalue weighted by atomic mass is 9.68. The van der Waals surface area contributed by atoms with Crippen molar-refractivity contribution in [2.24, 2.45) is 23.7 Å². The lowest BCUT2D eigenvalue weighted by molar-refractivity contribution is -0.133. The van der Waals surface area contributed by atoms with E-state index in [1.54, 1.807) is 48.7 Å². The number of nitrogens with one attached hydrogen (secondary N) is 1. The SMILES string of the molecule is C[C@@H]1CC[C@H](C(=O)Nc2ccccn2)[C@@H]2C(=O)N(c3ccccc3)C(=O)[C@H]21. The fraction of sp³-hybridized carbons (Fsp3) is 0.333. The van der Waals surface area contributed by atoms with Crippen LogP contribution in [0.25, 0.3) is 0 Å². The van der Waals surface area contributed by atoms with Gasteiger partial charge in [0.05, 0.1) is 23.4 Å². The number of carbonyl (C=O) groups is 3. The van der Waals surface area contributed by atoms with Gasteiger partial charge in [0, 0.05) is 6.20 Å². The van der Waals surface area contributed by atoms with Crippen LogP contribution in [-0.2, 0) is 14.4 Å². The van der Waals surface area contributed by atoms with Crippen molar-refractivity contribution in [3.05, 3.63) is 54.7 Å². The fourth-order valence-electron chi connectivity index (χ4n) is 4.32. The van der Waals surface area contributed by atoms with E-state index in [1.165, 1.54) is 4.90 Å². The number of para-hydroxylation sites is 1. The number of pyridine rings is 1. The number of nitrogens with zero attached hydrogens (tertiary/aromatic N) is 2. The molecule has 2 aromatic rings. The van der Waals surface area contributed by atoms with Crippen LogP contribution in [0.15, 0.2) is 54.7 Å². The average molecular weight is 363 g/mol. The largest absolute Gasteiger partial charge is 0.310 e. The third kappa shape index (κ3) is 3.01. The molecule has 1 N–H and O–H groups in total. The third-order valence-corrected chi connectivity index (χ3v) is 5.64. The highest BCUT2D eigenvalue weighted by Crippen LogP contribution is 2.46. The average Bonchev–Trinajstić information content (AvgIpc) is 2.95. The molecule has 4 atom stereocenters. The first-order valence-corrected chi connectivity index (χ1v) is 9.22. The van der Waals surface area contributed by atoms with Crippen LogP contribution in [0.2, 0.25) is 0 Å². The fourth-order valence-corrected chi connectivity index (χ4v) is 4.32. The topological polar surface area (TPSA) is 79.4 Å². The summed E-state index contributed by atoms with van der Waals surface area (Å²) in [6, 6.07) is 14.2. The van der Waals surface area contributed by atoms with E-state index < -0.39 is 17.8 Å². The van der Waals surface area contributed by atoms with Gasteiger partial charge < -0.3 is 5.32 Å². The number of amides is 3. The summed E-state index contributed by atoms with van der Waals surface area (Å²) in [6.45, 7) is 1.99. The van der Waals surface area contributed by atoms with Gasteiger partial charge in [-0.05, 0) is 43.0 Å². The number of aromatic nitrogens is 1. The molecule has 2 fully saturated rings. The second-order valence-electron chi connectivity index (χ2n) is 7.26. The molecule has 1 aliphatic heterocycles. The Morgan fingerprint density at radius 2 is 1.70 bits per heavy atom. The van der Waals surface area contributed by atoms with Crippen molar-refractivity contribution in [1.29, 1.82) is 0 Å². The summed E-state index contributed by atoms with van der Waals surface area (Å²) in [6.07, 6.45) is 2.93. The summed E-state index contributed by atoms with van der Waals surface area (Å²) in [7, 11) is 0. The predicted octanol–water partition coefficient (Wildman–Crippen LogP) is 2.87. The van der Waals surface area contributed by atoms with E-state index in [-0.39, 0.29) is 23.6 Å². The van der Waals surface area contributed by atoms with Gasteiger partial charge in [-0.25, -0.2) is 4.98 Å². The Morgan fingerprint density at radius 1 is 1.00 bits per heavy atom. The van der Waals surface area contributed by atoms with Crippen molar-refractivity contribution in [3.8, 4) is 0 Å². The summed E-state index contributed by atoms with van der Waals surface area (Å²) in [5.41, 5.74) is 0.568. The second kappa shape index (κ2) is 6.95. The van der Waals surface area contributed by atoms with Gasteiger partial charge in [0.1, 0.15) is 5.82 Å². The van der Waals surface area contributed by atoms with Crippen LogP contribution in [0.5, 0.6) is 0 Å². The van der Waals surface area contributed by atoms with E-state index in [2.05, 4.69) is 10.3 Å². The van der Waals surface area contributed by atoms with Crippen LogP contribution in [0.1, 0.15) is 19.8 Å². The molecule has 0 spiro atoms. The molecule has 1 aromatic carbocycles. The van der Waals surface area contributed by atoms with Crippen molar-refractivity contribution in [3.63, 3.8) is 0 Å². The lowest BCUT2D eigenvalue weighted by Gasteiger charge is -2.33. The maximum atomic E-state index is 13.2. The van der Waals surface area contributed by atoms with Gasteiger partial charge in [0.15, 0.2) is 0 Å². The first-order valence-electron chi connectivity index (χ1n) is 9.22. The Balaban J connectivity index is 1.63. The molecule has 2 aliphatic rings. The number of benzene rings is 1. The molecule has 2 heterocycles. The molecule has 138 valence electrons. The Bertz CT molecular complexity index is 869. The van der Waals surface area contributed by atoms with Gasteiger partial charge in [-0.3, -0.25) is 19.3 Å². The van der Waals surface area contributed by atoms with Crippen molar-refractivity contribution in [1.82, 2.24) is 4.98 Å². The van der Waals surface area contributed by atoms with E-state index >= 15 is 0 Å². The maximum absolute atomic E-state index is 13.2. The molecule has 6 nitrogen and oxygen atoms in total. The van der Waals surface area contributed by atoms with Crippen LogP contribution in [0.4, 0.5) is 11.5 Å². The number of rotatable bonds is 3. The van der Waals surface area contributed by atoms with Gasteiger partial charge in [-0.15, -0.1) is 0 Å². The second-order valence-corrected chi connectivity index (χ2v) is 7.26. The zero-order valence-electron chi connectivity index (χ0n) is 15.0. The minimum Gasteiger partial charge on any atom is -0.310 e. The maximum Gasteiger partial charge on any atom is 0.238 e. The zero-order valence-corrected chi connectivity index (χ0v) is 15.0. The Morgan fingerprint density at radius 3 is 2.41 bits per heavy atom. The number of imide groups is 1. The van der Waals surface area contributed by atoms with Crippen molar-refractivity contribution in [2.45, 2.75) is 19.8 Å². The quantitative estimate of drug-likeness (QED) is 0.851. The van der Waals surface area contributed by atoms with Gasteiger partial charge >= 0.3 is 0 Å². The molecule has 1 saturated heterocycles. The van der Waals surface area contributed by atoms with Crippen LogP contribution in [-0.4, -0.2) is 22.7 Å². The molecular formula is C21H21N3O3. The highest BCUT2D eigenvalue weighted by Gasteiger charge is 2.56. The van der Waals surface area contributed by atoms with Gasteiger partial charge in [0.25, 0.3) is 0 Å². The molecule has 0 radical (unpaired) electrons. The Hall–Kier alpha value is -3.02. The van der Waals surface area contributed by atoms with E-state index in [0.717, 1.165) is 6.42 Å². The summed E-state index contributed by atoms with van der Waals surface area (Å²) < 4.78 is 0. The predicted molar refractivity (Wildman–Crippen MR) is 101 cm³/mol. The van der Waals surface area contributed by atoms with Gasteiger partial charge in [0.2, 0.25) is 17.7 Å². The summed E-state index contributed by atoms with van der Waals surface area (Å²) in [5, 5.41) is 2.80. The smallest absolute Gasteiger partial charge is 0.238 e. The molecule has 3 amide bonds. The molecule has 1 aliphatic carbocycles. The summed E-state index contributed by atoms with van der Waals surface area (Å²) >= 11 is 0. The number of carbonyl (C=O) groups excluding carboxylic acids is 3. The van der Waals surface area contributed by atoms with Crippen LogP contribution < -0.4 is 10.2 Å². The Kier molecular flexibility index (Phi) is 4.48. The first-order chi connectivity index (χ1) is 13.1. The van der Waals surface area contributed by atoms with E-state index in [9.17, 15) is 14.4 Å². The molecule has 4 rings (SSSR count). The van der Waals surface area contributed by atoms with E-state index in [4.69, 9.17) is 0 Å². The van der Waals surface area contributed by atoms with Crippen LogP contribution in [0, 0.1) is 23.7 Å². The first kappa shape index (κ1) is 17.4. The van der Waals surface area contributed by atoms with Crippen LogP contribution in [0.3, 0.4) is 0 Å². The van der Waals surface area contributed by atoms with Crippen LogP contribution >= 0.6 is 0 Å². The highest BCUT2D eigenvalue weighted by molar-refractivity contribution is 6.23. The number of anilines is 2. The minimum absolute atomic E-state index is 0.0686. The zero-order chi connectivity index (χ0) is 19.0. The molecular weight excluding hydrogens is 342 g/mol. The summed E-state index contributed by atoms with van der Waals surface area (Å²) in [4.78, 5) is 44.5. The molecule has 1 saturated carbocycles. The van der Waals surface area contributed by atoms with Gasteiger partial charge in [-0.1, -0.05) is 31.2 Å². The van der Waals surface area contributed by atoms with E-state index in [0.29, 0.717) is 17.9 Å². The summed E-state index contributed by atoms with van der Waals surface area (Å²) in [5.74, 6) is -1.79. The highest BCUT2D eigenvalue weighted by atomic mass is 16.2. The van der Waals surface area contributed by atoms with Crippen molar-refractivity contribution >= 4 is 29.2 Å². The van der Waals surface area contributed by atoms with Crippen molar-refractivity contribution in [2.75, 3.05) is 10.2 Å². The molecule has 6 heteroatoms. The van der Waals surface area contributed by atoms with Crippen molar-refractivity contribution < 1.29 is 14.4 Å². The molecule has 1 aromatic heterocycles. The number of hydrogen-bond donors (Lipinski definition) is 1. The molecule has 0 bridgehead atoms. The van der Waals surface area contributed by atoms with Gasteiger partial charge in [-0.2, -0.15) is 0 Å². The minimum atomic E-state index is -0.620. The molecule has 27 heavy (non-hydrogen) atoms. The van der Waals surface area contributed by atoms with E-state index in [1.807, 2.05) is 13.0 Å². The third-order valence-electron chi connectivity index (χ3n) is 5.64. The normalized spacial score (nSPS) is 27.4. The number of fused-ring (bicyclic) bond motifs is 1. The monoisotopic (exact) mass is 363 g/mol. The Labute approximate surface area is 157 Å². The standard InChI is InChI=1S/C21H21N3O3/c1-13-10-11-15(19(25)23-16-9-5-6-12-22-16)18-17(13)20(26)24(21(18)27)14-7-3-2-4-8-14/h2-9,12-13,15,17-18H,10-11H2,1H3,(H,22,23,25)/t13-,15+,17+,18+/m1/s1. The lowest BCUT2D eigenvalue weighted by Crippen LogP contribution is -2.41. The number of hydrogen-bond acceptors (Lipinski definition) is 4. The molecule has 0 unspecified atom stereocenters.